The fourth-order valence-corrected chi connectivity index (χ4v) is 7.94. The summed E-state index contributed by atoms with van der Waals surface area (Å²) in [7, 11) is 1.18. The minimum Gasteiger partial charge on any atom is -0.438 e. The van der Waals surface area contributed by atoms with E-state index in [0.717, 1.165) is 18.4 Å². The SMILES string of the molecule is CCOC(=O)OCC(=O)[C@@]1(OC(=O)OC)CC[C@H]2[C@@H]3CCC4=CC(=O)CC[C@]4(C)[C@H]3[C@@H](O)C[C@@]21C. The summed E-state index contributed by atoms with van der Waals surface area (Å²) < 4.78 is 20.3. The number of Topliss-reactive ketones (excluding diaryl/α,β-unsaturated/α-hetero) is 1. The van der Waals surface area contributed by atoms with E-state index in [9.17, 15) is 24.3 Å². The highest BCUT2D eigenvalue weighted by Gasteiger charge is 2.70. The fourth-order valence-electron chi connectivity index (χ4n) is 7.94. The van der Waals surface area contributed by atoms with E-state index in [4.69, 9.17) is 18.9 Å². The van der Waals surface area contributed by atoms with Crippen molar-refractivity contribution in [3.63, 3.8) is 0 Å². The molecule has 9 heteroatoms. The fraction of sp³-hybridized carbons (Fsp3) is 0.769. The normalized spacial score (nSPS) is 39.9. The largest absolute Gasteiger partial charge is 0.509 e. The molecule has 0 heterocycles. The van der Waals surface area contributed by atoms with Gasteiger partial charge in [0.25, 0.3) is 0 Å². The highest BCUT2D eigenvalue weighted by molar-refractivity contribution is 5.93. The first-order valence-corrected chi connectivity index (χ1v) is 12.5. The lowest BCUT2D eigenvalue weighted by Gasteiger charge is -2.60. The molecule has 1 N–H and O–H groups in total. The number of hydrogen-bond acceptors (Lipinski definition) is 9. The van der Waals surface area contributed by atoms with Gasteiger partial charge in [-0.25, -0.2) is 9.59 Å². The first-order chi connectivity index (χ1) is 16.5. The lowest BCUT2D eigenvalue weighted by Crippen LogP contribution is -2.63. The van der Waals surface area contributed by atoms with E-state index in [1.54, 1.807) is 13.0 Å². The molecule has 7 atom stereocenters. The zero-order valence-corrected chi connectivity index (χ0v) is 21.0. The van der Waals surface area contributed by atoms with Crippen LogP contribution in [0.5, 0.6) is 0 Å². The van der Waals surface area contributed by atoms with Gasteiger partial charge in [0.15, 0.2) is 18.0 Å². The summed E-state index contributed by atoms with van der Waals surface area (Å²) in [6, 6.07) is 0. The van der Waals surface area contributed by atoms with E-state index in [1.165, 1.54) is 7.11 Å². The van der Waals surface area contributed by atoms with Gasteiger partial charge in [-0.3, -0.25) is 9.59 Å². The van der Waals surface area contributed by atoms with Gasteiger partial charge in [0.05, 0.1) is 19.8 Å². The van der Waals surface area contributed by atoms with Crippen LogP contribution in [0.25, 0.3) is 0 Å². The third kappa shape index (κ3) is 3.96. The number of carbonyl (C=O) groups excluding carboxylic acids is 4. The monoisotopic (exact) mass is 492 g/mol. The van der Waals surface area contributed by atoms with E-state index < -0.39 is 41.8 Å². The van der Waals surface area contributed by atoms with Crippen molar-refractivity contribution in [1.82, 2.24) is 0 Å². The molecule has 0 amide bonds. The van der Waals surface area contributed by atoms with Crippen LogP contribution < -0.4 is 0 Å². The molecule has 0 radical (unpaired) electrons. The van der Waals surface area contributed by atoms with Crippen LogP contribution in [0.3, 0.4) is 0 Å². The van der Waals surface area contributed by atoms with Gasteiger partial charge < -0.3 is 24.1 Å². The van der Waals surface area contributed by atoms with Gasteiger partial charge in [-0.05, 0) is 74.7 Å². The van der Waals surface area contributed by atoms with Crippen LogP contribution in [0, 0.1) is 28.6 Å². The molecule has 0 aromatic carbocycles. The van der Waals surface area contributed by atoms with Gasteiger partial charge in [0.2, 0.25) is 5.78 Å². The second kappa shape index (κ2) is 9.22. The van der Waals surface area contributed by atoms with Crippen molar-refractivity contribution in [2.75, 3.05) is 20.3 Å². The van der Waals surface area contributed by atoms with Gasteiger partial charge in [-0.1, -0.05) is 19.4 Å². The molecular weight excluding hydrogens is 456 g/mol. The first-order valence-electron chi connectivity index (χ1n) is 12.5. The summed E-state index contributed by atoms with van der Waals surface area (Å²) in [5.41, 5.74) is -1.63. The molecule has 4 aliphatic carbocycles. The highest BCUT2D eigenvalue weighted by Crippen LogP contribution is 2.68. The second-order valence-electron chi connectivity index (χ2n) is 10.9. The zero-order valence-electron chi connectivity index (χ0n) is 21.0. The van der Waals surface area contributed by atoms with Gasteiger partial charge in [-0.2, -0.15) is 0 Å². The average molecular weight is 493 g/mol. The highest BCUT2D eigenvalue weighted by atomic mass is 16.7. The number of aliphatic hydroxyl groups is 1. The molecule has 3 saturated carbocycles. The summed E-state index contributed by atoms with van der Waals surface area (Å²) >= 11 is 0. The second-order valence-corrected chi connectivity index (χ2v) is 10.9. The molecule has 0 spiro atoms. The van der Waals surface area contributed by atoms with Gasteiger partial charge in [0.1, 0.15) is 0 Å². The van der Waals surface area contributed by atoms with E-state index in [1.807, 2.05) is 6.92 Å². The molecule has 4 aliphatic rings. The van der Waals surface area contributed by atoms with Crippen LogP contribution in [-0.4, -0.2) is 61.0 Å². The summed E-state index contributed by atoms with van der Waals surface area (Å²) in [6.07, 6.45) is 2.93. The smallest absolute Gasteiger partial charge is 0.438 e. The molecule has 0 aromatic rings. The van der Waals surface area contributed by atoms with Crippen LogP contribution in [-0.2, 0) is 28.5 Å². The Balaban J connectivity index is 1.68. The quantitative estimate of drug-likeness (QED) is 0.571. The van der Waals surface area contributed by atoms with E-state index in [0.29, 0.717) is 19.3 Å². The Morgan fingerprint density at radius 3 is 2.51 bits per heavy atom. The molecule has 0 bridgehead atoms. The van der Waals surface area contributed by atoms with Crippen molar-refractivity contribution < 1.29 is 43.2 Å². The number of ketones is 2. The Bertz CT molecular complexity index is 941. The standard InChI is InChI=1S/C26H36O9/c1-5-33-23(31)34-14-20(29)26(35-22(30)32-4)11-9-18-17-7-6-15-12-16(27)8-10-24(15,2)21(17)19(28)13-25(18,26)3/h12,17-19,21,28H,5-11,13-14H2,1-4H3/t17-,18-,19-,21+,24-,25-,26-/m0/s1. The minimum atomic E-state index is -1.59. The maximum absolute atomic E-state index is 13.6. The lowest BCUT2D eigenvalue weighted by molar-refractivity contribution is -0.186. The first kappa shape index (κ1) is 25.7. The summed E-state index contributed by atoms with van der Waals surface area (Å²) in [5, 5.41) is 11.6. The Morgan fingerprint density at radius 1 is 1.09 bits per heavy atom. The summed E-state index contributed by atoms with van der Waals surface area (Å²) in [4.78, 5) is 49.8. The van der Waals surface area contributed by atoms with Gasteiger partial charge >= 0.3 is 12.3 Å². The number of fused-ring (bicyclic) bond motifs is 5. The Labute approximate surface area is 205 Å². The maximum Gasteiger partial charge on any atom is 0.509 e. The molecule has 0 aliphatic heterocycles. The van der Waals surface area contributed by atoms with E-state index in [-0.39, 0.29) is 48.4 Å². The van der Waals surface area contributed by atoms with Crippen molar-refractivity contribution >= 4 is 23.9 Å². The summed E-state index contributed by atoms with van der Waals surface area (Å²) in [5.74, 6) is -0.348. The third-order valence-electron chi connectivity index (χ3n) is 9.47. The van der Waals surface area contributed by atoms with Gasteiger partial charge in [0, 0.05) is 11.8 Å². The van der Waals surface area contributed by atoms with Crippen LogP contribution in [0.4, 0.5) is 9.59 Å². The molecule has 35 heavy (non-hydrogen) atoms. The molecule has 0 unspecified atom stereocenters. The number of carbonyl (C=O) groups is 4. The number of hydrogen-bond donors (Lipinski definition) is 1. The van der Waals surface area contributed by atoms with Crippen molar-refractivity contribution in [2.45, 2.75) is 77.4 Å². The summed E-state index contributed by atoms with van der Waals surface area (Å²) in [6.45, 7) is 5.18. The Morgan fingerprint density at radius 2 is 1.83 bits per heavy atom. The molecule has 194 valence electrons. The maximum atomic E-state index is 13.6. The topological polar surface area (TPSA) is 125 Å². The molecule has 0 saturated heterocycles. The molecule has 0 aromatic heterocycles. The molecule has 4 rings (SSSR count). The van der Waals surface area contributed by atoms with Gasteiger partial charge in [-0.15, -0.1) is 0 Å². The molecule has 3 fully saturated rings. The Kier molecular flexibility index (Phi) is 6.76. The number of allylic oxidation sites excluding steroid dienone is 1. The zero-order chi connectivity index (χ0) is 25.6. The molecule has 9 nitrogen and oxygen atoms in total. The lowest BCUT2D eigenvalue weighted by atomic mass is 9.45. The number of methoxy groups -OCH3 is 1. The van der Waals surface area contributed by atoms with Crippen molar-refractivity contribution in [1.29, 1.82) is 0 Å². The minimum absolute atomic E-state index is 0.00287. The van der Waals surface area contributed by atoms with E-state index >= 15 is 0 Å². The molecular formula is C26H36O9. The third-order valence-corrected chi connectivity index (χ3v) is 9.47. The van der Waals surface area contributed by atoms with Crippen LogP contribution >= 0.6 is 0 Å². The number of rotatable bonds is 5. The van der Waals surface area contributed by atoms with Crippen molar-refractivity contribution in [3.8, 4) is 0 Å². The predicted molar refractivity (Wildman–Crippen MR) is 122 cm³/mol. The van der Waals surface area contributed by atoms with Crippen LogP contribution in [0.1, 0.15) is 65.7 Å². The van der Waals surface area contributed by atoms with Crippen LogP contribution in [0.15, 0.2) is 11.6 Å². The predicted octanol–water partition coefficient (Wildman–Crippen LogP) is 3.75. The van der Waals surface area contributed by atoms with E-state index in [2.05, 4.69) is 6.92 Å². The number of aliphatic hydroxyl groups excluding tert-OH is 1. The van der Waals surface area contributed by atoms with Crippen molar-refractivity contribution in [3.05, 3.63) is 11.6 Å². The average Bonchev–Trinajstić information content (AvgIpc) is 3.10. The Hall–Kier alpha value is -2.42. The van der Waals surface area contributed by atoms with Crippen LogP contribution in [0.2, 0.25) is 0 Å². The van der Waals surface area contributed by atoms with Crippen molar-refractivity contribution in [2.24, 2.45) is 28.6 Å². The number of ether oxygens (including phenoxy) is 4.